The van der Waals surface area contributed by atoms with Crippen molar-refractivity contribution in [2.75, 3.05) is 12.8 Å². The highest BCUT2D eigenvalue weighted by Gasteiger charge is 2.41. The van der Waals surface area contributed by atoms with Crippen molar-refractivity contribution >= 4 is 27.3 Å². The van der Waals surface area contributed by atoms with E-state index in [4.69, 9.17) is 16.3 Å². The smallest absolute Gasteiger partial charge is 0.391 e. The molecule has 1 amide bonds. The summed E-state index contributed by atoms with van der Waals surface area (Å²) in [6, 6.07) is 4.61. The highest BCUT2D eigenvalue weighted by Crippen LogP contribution is 2.45. The molecule has 2 aliphatic rings. The molecule has 0 unspecified atom stereocenters. The number of rotatable bonds is 9. The van der Waals surface area contributed by atoms with Crippen LogP contribution in [0, 0.1) is 11.8 Å². The van der Waals surface area contributed by atoms with Crippen molar-refractivity contribution in [1.82, 2.24) is 15.1 Å². The fourth-order valence-corrected chi connectivity index (χ4v) is 7.54. The molecule has 0 saturated heterocycles. The van der Waals surface area contributed by atoms with Crippen LogP contribution in [0.25, 0.3) is 11.3 Å². The minimum Gasteiger partial charge on any atom is -0.434 e. The van der Waals surface area contributed by atoms with Gasteiger partial charge in [-0.15, -0.1) is 0 Å². The Morgan fingerprint density at radius 2 is 1.76 bits per heavy atom. The van der Waals surface area contributed by atoms with Gasteiger partial charge in [0.1, 0.15) is 15.6 Å². The van der Waals surface area contributed by atoms with Gasteiger partial charge < -0.3 is 10.1 Å². The van der Waals surface area contributed by atoms with E-state index in [9.17, 15) is 35.2 Å². The lowest BCUT2D eigenvalue weighted by Gasteiger charge is -2.30. The van der Waals surface area contributed by atoms with E-state index < -0.39 is 34.5 Å². The largest absolute Gasteiger partial charge is 0.434 e. The Kier molecular flexibility index (Phi) is 10.1. The zero-order valence-electron chi connectivity index (χ0n) is 23.4. The molecule has 2 aliphatic carbocycles. The predicted octanol–water partition coefficient (Wildman–Crippen LogP) is 6.99. The Morgan fingerprint density at radius 3 is 2.31 bits per heavy atom. The van der Waals surface area contributed by atoms with Gasteiger partial charge in [0.15, 0.2) is 5.69 Å². The lowest BCUT2D eigenvalue weighted by Crippen LogP contribution is -2.34. The van der Waals surface area contributed by atoms with Crippen LogP contribution in [0.15, 0.2) is 18.2 Å². The fraction of sp³-hybridized carbons (Fsp3) is 0.643. The van der Waals surface area contributed by atoms with Gasteiger partial charge in [-0.05, 0) is 87.8 Å². The summed E-state index contributed by atoms with van der Waals surface area (Å²) in [4.78, 5) is 13.1. The van der Waals surface area contributed by atoms with Gasteiger partial charge in [-0.2, -0.15) is 27.1 Å². The molecule has 2 aromatic rings. The topological polar surface area (TPSA) is 90.3 Å². The number of carbonyl (C=O) groups is 1. The molecule has 2 fully saturated rings. The Balaban J connectivity index is 1.53. The minimum atomic E-state index is -4.25. The lowest BCUT2D eigenvalue weighted by atomic mass is 9.78. The molecule has 0 aliphatic heterocycles. The van der Waals surface area contributed by atoms with Gasteiger partial charge in [-0.1, -0.05) is 17.7 Å². The molecule has 42 heavy (non-hydrogen) atoms. The molecule has 0 radical (unpaired) electrons. The number of nitrogens with zero attached hydrogens (tertiary/aromatic N) is 2. The predicted molar refractivity (Wildman–Crippen MR) is 149 cm³/mol. The molecule has 1 aromatic carbocycles. The number of nitrogens with one attached hydrogen (secondary N) is 1. The van der Waals surface area contributed by atoms with Crippen LogP contribution in [-0.4, -0.2) is 54.9 Å². The summed E-state index contributed by atoms with van der Waals surface area (Å²) in [5, 5.41) is 6.72. The first-order valence-electron chi connectivity index (χ1n) is 14.1. The second-order valence-electron chi connectivity index (χ2n) is 11.2. The van der Waals surface area contributed by atoms with Gasteiger partial charge >= 0.3 is 12.8 Å². The maximum absolute atomic E-state index is 13.5. The van der Waals surface area contributed by atoms with E-state index in [0.717, 1.165) is 0 Å². The normalized spacial score (nSPS) is 23.6. The van der Waals surface area contributed by atoms with E-state index in [0.29, 0.717) is 37.8 Å². The van der Waals surface area contributed by atoms with Gasteiger partial charge in [0, 0.05) is 24.9 Å². The van der Waals surface area contributed by atoms with E-state index in [1.54, 1.807) is 13.0 Å². The van der Waals surface area contributed by atoms with Crippen LogP contribution in [0.5, 0.6) is 5.75 Å². The second-order valence-corrected chi connectivity index (χ2v) is 13.9. The molecule has 4 rings (SSSR count). The molecule has 0 spiro atoms. The molecule has 0 atom stereocenters. The first-order valence-corrected chi connectivity index (χ1v) is 16.4. The van der Waals surface area contributed by atoms with Gasteiger partial charge in [0.05, 0.1) is 21.9 Å². The molecular formula is C28H35ClF5N3O4S. The van der Waals surface area contributed by atoms with Crippen molar-refractivity contribution in [1.29, 1.82) is 0 Å². The fourth-order valence-electron chi connectivity index (χ4n) is 6.09. The van der Waals surface area contributed by atoms with Crippen LogP contribution in [0.1, 0.15) is 80.3 Å². The molecule has 1 aromatic heterocycles. The monoisotopic (exact) mass is 639 g/mol. The SMILES string of the molecule is CCn1nc(C(=O)NCC2CCC(S(C)(=O)=O)CC2)c(Cl)c1-c1ccc(C2CCC(C(F)(F)F)CC2)cc1OC(F)F. The number of benzene rings is 1. The maximum Gasteiger partial charge on any atom is 0.391 e. The van der Waals surface area contributed by atoms with Gasteiger partial charge in [-0.25, -0.2) is 8.42 Å². The zero-order valence-corrected chi connectivity index (χ0v) is 25.0. The lowest BCUT2D eigenvalue weighted by molar-refractivity contribution is -0.182. The summed E-state index contributed by atoms with van der Waals surface area (Å²) >= 11 is 6.62. The summed E-state index contributed by atoms with van der Waals surface area (Å²) in [7, 11) is -3.10. The summed E-state index contributed by atoms with van der Waals surface area (Å²) < 4.78 is 96.1. The number of ether oxygens (including phenoxy) is 1. The molecule has 7 nitrogen and oxygen atoms in total. The minimum absolute atomic E-state index is 0.0347. The van der Waals surface area contributed by atoms with Crippen LogP contribution >= 0.6 is 11.6 Å². The van der Waals surface area contributed by atoms with Crippen molar-refractivity contribution in [3.63, 3.8) is 0 Å². The third-order valence-electron chi connectivity index (χ3n) is 8.50. The van der Waals surface area contributed by atoms with Crippen LogP contribution in [0.2, 0.25) is 5.02 Å². The van der Waals surface area contributed by atoms with Crippen LogP contribution in [0.3, 0.4) is 0 Å². The third kappa shape index (κ3) is 7.56. The van der Waals surface area contributed by atoms with Crippen molar-refractivity contribution in [2.24, 2.45) is 11.8 Å². The number of sulfone groups is 1. The molecule has 1 N–H and O–H groups in total. The van der Waals surface area contributed by atoms with Crippen LogP contribution < -0.4 is 10.1 Å². The summed E-state index contributed by atoms with van der Waals surface area (Å²) in [5.74, 6) is -2.25. The number of halogens is 6. The third-order valence-corrected chi connectivity index (χ3v) is 10.5. The second kappa shape index (κ2) is 13.1. The number of hydrogen-bond acceptors (Lipinski definition) is 5. The van der Waals surface area contributed by atoms with E-state index in [1.165, 1.54) is 23.1 Å². The summed E-state index contributed by atoms with van der Waals surface area (Å²) in [6.45, 7) is -0.854. The Labute approximate surface area is 247 Å². The quantitative estimate of drug-likeness (QED) is 0.299. The van der Waals surface area contributed by atoms with E-state index in [-0.39, 0.29) is 77.0 Å². The standard InChI is InChI=1S/C28H35ClF5N3O4S/c1-3-37-25(23(29)24(36-37)26(38)35-15-16-4-11-20(12-5-16)42(2,39)40)21-13-8-18(14-22(21)41-27(30)31)17-6-9-19(10-7-17)28(32,33)34/h8,13-14,16-17,19-20,27H,3-7,9-12,15H2,1-2H3,(H,35,38). The van der Waals surface area contributed by atoms with Crippen molar-refractivity contribution in [3.8, 4) is 17.0 Å². The highest BCUT2D eigenvalue weighted by molar-refractivity contribution is 7.91. The average molecular weight is 640 g/mol. The Bertz CT molecular complexity index is 1370. The van der Waals surface area contributed by atoms with Gasteiger partial charge in [-0.3, -0.25) is 9.48 Å². The van der Waals surface area contributed by atoms with Crippen LogP contribution in [0.4, 0.5) is 22.0 Å². The first kappa shape index (κ1) is 32.5. The maximum atomic E-state index is 13.5. The number of alkyl halides is 5. The number of aryl methyl sites for hydroxylation is 1. The van der Waals surface area contributed by atoms with Crippen molar-refractivity contribution in [2.45, 2.75) is 88.8 Å². The molecular weight excluding hydrogens is 605 g/mol. The molecule has 0 bridgehead atoms. The van der Waals surface area contributed by atoms with E-state index in [2.05, 4.69) is 10.4 Å². The molecule has 234 valence electrons. The molecule has 2 saturated carbocycles. The number of hydrogen-bond donors (Lipinski definition) is 1. The average Bonchev–Trinajstić information content (AvgIpc) is 3.26. The van der Waals surface area contributed by atoms with Crippen molar-refractivity contribution in [3.05, 3.63) is 34.5 Å². The summed E-state index contributed by atoms with van der Waals surface area (Å²) in [6.07, 6.45) is -0.190. The van der Waals surface area contributed by atoms with E-state index >= 15 is 0 Å². The highest BCUT2D eigenvalue weighted by atomic mass is 35.5. The Hall–Kier alpha value is -2.41. The van der Waals surface area contributed by atoms with Gasteiger partial charge in [0.2, 0.25) is 0 Å². The number of aromatic nitrogens is 2. The first-order chi connectivity index (χ1) is 19.7. The van der Waals surface area contributed by atoms with Gasteiger partial charge in [0.25, 0.3) is 5.91 Å². The zero-order chi connectivity index (χ0) is 30.8. The molecule has 14 heteroatoms. The van der Waals surface area contributed by atoms with Crippen LogP contribution in [-0.2, 0) is 16.4 Å². The molecule has 1 heterocycles. The number of amides is 1. The van der Waals surface area contributed by atoms with Crippen molar-refractivity contribution < 1.29 is 39.9 Å². The summed E-state index contributed by atoms with van der Waals surface area (Å²) in [5.41, 5.74) is 0.898. The Morgan fingerprint density at radius 1 is 1.12 bits per heavy atom. The number of carbonyl (C=O) groups excluding carboxylic acids is 1. The van der Waals surface area contributed by atoms with E-state index in [1.807, 2.05) is 0 Å².